The fraction of sp³-hybridized carbons (Fsp3) is 0.125. The molecule has 0 saturated heterocycles. The first-order valence-electron chi connectivity index (χ1n) is 7.32. The summed E-state index contributed by atoms with van der Waals surface area (Å²) in [6, 6.07) is 5.75. The fourth-order valence-corrected chi connectivity index (χ4v) is 4.36. The molecule has 0 radical (unpaired) electrons. The number of fused-ring (bicyclic) bond motifs is 1. The summed E-state index contributed by atoms with van der Waals surface area (Å²) >= 11 is 8.46. The molecule has 0 fully saturated rings. The van der Waals surface area contributed by atoms with E-state index in [0.29, 0.717) is 16.4 Å². The zero-order chi connectivity index (χ0) is 17.6. The number of aryl methyl sites for hydroxylation is 1. The fourth-order valence-electron chi connectivity index (χ4n) is 2.63. The lowest BCUT2D eigenvalue weighted by molar-refractivity contribution is -0.115. The van der Waals surface area contributed by atoms with E-state index in [0.717, 1.165) is 27.4 Å². The van der Waals surface area contributed by atoms with Crippen LogP contribution in [0.5, 0.6) is 0 Å². The van der Waals surface area contributed by atoms with Gasteiger partial charge in [0.25, 0.3) is 5.91 Å². The van der Waals surface area contributed by atoms with Crippen LogP contribution in [-0.4, -0.2) is 21.8 Å². The minimum Gasteiger partial charge on any atom is -0.326 e. The van der Waals surface area contributed by atoms with Gasteiger partial charge in [-0.15, -0.1) is 22.7 Å². The summed E-state index contributed by atoms with van der Waals surface area (Å²) in [4.78, 5) is 33.5. The molecule has 0 atom stereocenters. The van der Waals surface area contributed by atoms with Gasteiger partial charge in [-0.2, -0.15) is 0 Å². The third-order valence-electron chi connectivity index (χ3n) is 3.75. The molecule has 0 saturated carbocycles. The number of hydrogen-bond donors (Lipinski definition) is 2. The van der Waals surface area contributed by atoms with Crippen molar-refractivity contribution >= 4 is 56.9 Å². The lowest BCUT2D eigenvalue weighted by Crippen LogP contribution is -2.10. The van der Waals surface area contributed by atoms with Gasteiger partial charge < -0.3 is 5.32 Å². The number of nitrogens with zero attached hydrogens (tertiary/aromatic N) is 2. The number of carbonyl (C=O) groups is 2. The highest BCUT2D eigenvalue weighted by Gasteiger charge is 2.20. The molecule has 0 bridgehead atoms. The predicted octanol–water partition coefficient (Wildman–Crippen LogP) is 3.98. The van der Waals surface area contributed by atoms with Crippen molar-refractivity contribution in [1.82, 2.24) is 9.97 Å². The highest BCUT2D eigenvalue weighted by atomic mass is 35.5. The van der Waals surface area contributed by atoms with E-state index in [-0.39, 0.29) is 17.0 Å². The Labute approximate surface area is 155 Å². The second-order valence-electron chi connectivity index (χ2n) is 5.45. The predicted molar refractivity (Wildman–Crippen MR) is 99.7 cm³/mol. The van der Waals surface area contributed by atoms with Crippen molar-refractivity contribution in [3.05, 3.63) is 44.2 Å². The van der Waals surface area contributed by atoms with Crippen molar-refractivity contribution in [2.24, 2.45) is 0 Å². The van der Waals surface area contributed by atoms with Crippen LogP contribution >= 0.6 is 34.3 Å². The third kappa shape index (κ3) is 3.04. The molecular formula is C16H11ClN4O2S2. The highest BCUT2D eigenvalue weighted by Crippen LogP contribution is 2.34. The second kappa shape index (κ2) is 6.21. The molecule has 9 heteroatoms. The largest absolute Gasteiger partial charge is 0.326 e. The molecule has 3 aromatic rings. The van der Waals surface area contributed by atoms with E-state index in [2.05, 4.69) is 20.6 Å². The summed E-state index contributed by atoms with van der Waals surface area (Å²) in [6.07, 6.45) is 0.375. The van der Waals surface area contributed by atoms with Crippen LogP contribution in [0.25, 0.3) is 11.3 Å². The molecular weight excluding hydrogens is 380 g/mol. The lowest BCUT2D eigenvalue weighted by atomic mass is 10.1. The van der Waals surface area contributed by atoms with E-state index in [4.69, 9.17) is 11.6 Å². The SMILES string of the molecule is Cc1sc(NC(=O)c2scnc2Cl)nc1-c1ccc2c(c1)CC(=O)N2. The maximum atomic E-state index is 12.2. The van der Waals surface area contributed by atoms with Gasteiger partial charge in [0.1, 0.15) is 4.88 Å². The van der Waals surface area contributed by atoms with Gasteiger partial charge in [0, 0.05) is 16.1 Å². The summed E-state index contributed by atoms with van der Waals surface area (Å²) in [5, 5.41) is 6.26. The van der Waals surface area contributed by atoms with Crippen molar-refractivity contribution in [3.8, 4) is 11.3 Å². The molecule has 0 unspecified atom stereocenters. The highest BCUT2D eigenvalue weighted by molar-refractivity contribution is 7.16. The Morgan fingerprint density at radius 1 is 1.40 bits per heavy atom. The van der Waals surface area contributed by atoms with Gasteiger partial charge in [-0.05, 0) is 24.6 Å². The monoisotopic (exact) mass is 390 g/mol. The summed E-state index contributed by atoms with van der Waals surface area (Å²) in [5.41, 5.74) is 5.03. The molecule has 0 aliphatic carbocycles. The molecule has 126 valence electrons. The van der Waals surface area contributed by atoms with E-state index < -0.39 is 0 Å². The van der Waals surface area contributed by atoms with Crippen LogP contribution in [0, 0.1) is 6.92 Å². The van der Waals surface area contributed by atoms with Crippen LogP contribution in [-0.2, 0) is 11.2 Å². The molecule has 0 spiro atoms. The third-order valence-corrected chi connectivity index (χ3v) is 5.86. The summed E-state index contributed by atoms with van der Waals surface area (Å²) in [5.74, 6) is -0.326. The van der Waals surface area contributed by atoms with Crippen molar-refractivity contribution in [3.63, 3.8) is 0 Å². The van der Waals surface area contributed by atoms with E-state index >= 15 is 0 Å². The number of anilines is 2. The quantitative estimate of drug-likeness (QED) is 0.708. The number of hydrogen-bond acceptors (Lipinski definition) is 6. The number of carbonyl (C=O) groups excluding carboxylic acids is 2. The Morgan fingerprint density at radius 2 is 2.24 bits per heavy atom. The Balaban J connectivity index is 1.61. The normalized spacial score (nSPS) is 12.8. The Kier molecular flexibility index (Phi) is 4.03. The van der Waals surface area contributed by atoms with E-state index in [1.165, 1.54) is 28.2 Å². The zero-order valence-electron chi connectivity index (χ0n) is 12.9. The lowest BCUT2D eigenvalue weighted by Gasteiger charge is -2.03. The van der Waals surface area contributed by atoms with Crippen molar-refractivity contribution in [1.29, 1.82) is 0 Å². The van der Waals surface area contributed by atoms with Gasteiger partial charge in [0.05, 0.1) is 17.6 Å². The number of nitrogens with one attached hydrogen (secondary N) is 2. The minimum absolute atomic E-state index is 0.00321. The molecule has 3 heterocycles. The zero-order valence-corrected chi connectivity index (χ0v) is 15.3. The van der Waals surface area contributed by atoms with Gasteiger partial charge in [0.15, 0.2) is 10.3 Å². The molecule has 25 heavy (non-hydrogen) atoms. The standard InChI is InChI=1S/C16H11ClN4O2S2/c1-7-12(8-2-3-10-9(4-8)5-11(22)19-10)20-16(25-7)21-15(23)13-14(17)18-6-24-13/h2-4,6H,5H2,1H3,(H,19,22)(H,20,21,23). The Morgan fingerprint density at radius 3 is 3.00 bits per heavy atom. The maximum absolute atomic E-state index is 12.2. The van der Waals surface area contributed by atoms with Crippen LogP contribution in [0.15, 0.2) is 23.7 Å². The molecule has 2 aromatic heterocycles. The second-order valence-corrected chi connectivity index (χ2v) is 7.86. The molecule has 6 nitrogen and oxygen atoms in total. The first-order chi connectivity index (χ1) is 12.0. The molecule has 2 N–H and O–H groups in total. The Bertz CT molecular complexity index is 1010. The molecule has 1 aliphatic heterocycles. The van der Waals surface area contributed by atoms with Gasteiger partial charge >= 0.3 is 0 Å². The first kappa shape index (κ1) is 16.2. The van der Waals surface area contributed by atoms with Crippen molar-refractivity contribution in [2.75, 3.05) is 10.6 Å². The van der Waals surface area contributed by atoms with Crippen molar-refractivity contribution in [2.45, 2.75) is 13.3 Å². The van der Waals surface area contributed by atoms with Gasteiger partial charge in [-0.25, -0.2) is 9.97 Å². The summed E-state index contributed by atoms with van der Waals surface area (Å²) in [6.45, 7) is 1.94. The molecule has 2 amide bonds. The van der Waals surface area contributed by atoms with Crippen LogP contribution in [0.1, 0.15) is 20.1 Å². The average molecular weight is 391 g/mol. The van der Waals surface area contributed by atoms with E-state index in [1.807, 2.05) is 25.1 Å². The minimum atomic E-state index is -0.323. The van der Waals surface area contributed by atoms with Crippen LogP contribution < -0.4 is 10.6 Å². The van der Waals surface area contributed by atoms with Gasteiger partial charge in [-0.3, -0.25) is 14.9 Å². The molecule has 1 aliphatic rings. The number of thiazole rings is 2. The first-order valence-corrected chi connectivity index (χ1v) is 9.39. The molecule has 4 rings (SSSR count). The summed E-state index contributed by atoms with van der Waals surface area (Å²) < 4.78 is 0. The molecule has 1 aromatic carbocycles. The number of halogens is 1. The van der Waals surface area contributed by atoms with Crippen molar-refractivity contribution < 1.29 is 9.59 Å². The summed E-state index contributed by atoms with van der Waals surface area (Å²) in [7, 11) is 0. The maximum Gasteiger partial charge on any atom is 0.270 e. The van der Waals surface area contributed by atoms with E-state index in [1.54, 1.807) is 0 Å². The van der Waals surface area contributed by atoms with Crippen LogP contribution in [0.2, 0.25) is 5.15 Å². The average Bonchev–Trinajstić information content (AvgIpc) is 3.24. The number of amides is 2. The van der Waals surface area contributed by atoms with Crippen LogP contribution in [0.3, 0.4) is 0 Å². The smallest absolute Gasteiger partial charge is 0.270 e. The topological polar surface area (TPSA) is 84.0 Å². The van der Waals surface area contributed by atoms with E-state index in [9.17, 15) is 9.59 Å². The van der Waals surface area contributed by atoms with Gasteiger partial charge in [0.2, 0.25) is 5.91 Å². The van der Waals surface area contributed by atoms with Crippen LogP contribution in [0.4, 0.5) is 10.8 Å². The number of aromatic nitrogens is 2. The Hall–Kier alpha value is -2.29. The number of rotatable bonds is 3. The number of benzene rings is 1. The van der Waals surface area contributed by atoms with Gasteiger partial charge in [-0.1, -0.05) is 17.7 Å².